The van der Waals surface area contributed by atoms with Crippen LogP contribution in [0.2, 0.25) is 0 Å². The average molecular weight is 251 g/mol. The monoisotopic (exact) mass is 251 g/mol. The molecule has 0 bridgehead atoms. The van der Waals surface area contributed by atoms with Crippen molar-refractivity contribution >= 4 is 18.2 Å². The molecule has 0 aliphatic rings. The van der Waals surface area contributed by atoms with E-state index < -0.39 is 6.17 Å². The molecule has 0 aliphatic carbocycles. The second-order valence-electron chi connectivity index (χ2n) is 3.80. The third-order valence-corrected chi connectivity index (χ3v) is 2.45. The third-order valence-electron chi connectivity index (χ3n) is 2.45. The van der Waals surface area contributed by atoms with Crippen molar-refractivity contribution in [3.63, 3.8) is 0 Å². The molecule has 0 spiro atoms. The minimum atomic E-state index is -0.623. The number of hydrogen-bond donors (Lipinski definition) is 0. The van der Waals surface area contributed by atoms with Crippen LogP contribution in [0.5, 0.6) is 0 Å². The Kier molecular flexibility index (Phi) is 11.8. The van der Waals surface area contributed by atoms with Gasteiger partial charge in [0.15, 0.2) is 6.17 Å². The summed E-state index contributed by atoms with van der Waals surface area (Å²) >= 11 is 0. The van der Waals surface area contributed by atoms with Crippen LogP contribution in [-0.4, -0.2) is 31.0 Å². The summed E-state index contributed by atoms with van der Waals surface area (Å²) in [5.74, 6) is 0. The normalized spacial score (nSPS) is 10.7. The van der Waals surface area contributed by atoms with Gasteiger partial charge in [0.2, 0.25) is 18.2 Å². The highest BCUT2D eigenvalue weighted by Gasteiger charge is 2.03. The lowest BCUT2D eigenvalue weighted by molar-refractivity contribution is 0.520. The highest BCUT2D eigenvalue weighted by atomic mass is 16.1. The minimum absolute atomic E-state index is 0.549. The van der Waals surface area contributed by atoms with Gasteiger partial charge in [-0.25, -0.2) is 19.4 Å². The van der Waals surface area contributed by atoms with Crippen molar-refractivity contribution in [2.75, 3.05) is 6.54 Å². The lowest BCUT2D eigenvalue weighted by Gasteiger charge is -2.03. The first-order chi connectivity index (χ1) is 8.85. The van der Waals surface area contributed by atoms with Crippen LogP contribution in [0.4, 0.5) is 0 Å². The van der Waals surface area contributed by atoms with E-state index in [-0.39, 0.29) is 0 Å². The molecular formula is C12H17N3O3. The van der Waals surface area contributed by atoms with Gasteiger partial charge in [0.1, 0.15) is 0 Å². The standard InChI is InChI=1S/C12H17N3O3/c16-9-13-8-6-4-2-1-3-5-7-12(14-10-17)15-11-18/h12H,1-8H2. The van der Waals surface area contributed by atoms with E-state index in [1.54, 1.807) is 0 Å². The lowest BCUT2D eigenvalue weighted by Crippen LogP contribution is -1.99. The SMILES string of the molecule is O=C=NCCCCCCCCC(N=C=O)N=C=O. The summed E-state index contributed by atoms with van der Waals surface area (Å²) in [5.41, 5.74) is 0. The van der Waals surface area contributed by atoms with Gasteiger partial charge in [-0.2, -0.15) is 9.98 Å². The van der Waals surface area contributed by atoms with E-state index in [2.05, 4.69) is 15.0 Å². The molecule has 0 aromatic carbocycles. The number of aliphatic imine (C=N–C) groups is 3. The number of carbonyl (C=O) groups excluding carboxylic acids is 3. The van der Waals surface area contributed by atoms with Crippen LogP contribution < -0.4 is 0 Å². The maximum atomic E-state index is 10.0. The molecule has 6 heteroatoms. The van der Waals surface area contributed by atoms with Gasteiger partial charge >= 0.3 is 0 Å². The first kappa shape index (κ1) is 16.1. The van der Waals surface area contributed by atoms with Crippen LogP contribution in [-0.2, 0) is 14.4 Å². The Morgan fingerprint density at radius 3 is 1.83 bits per heavy atom. The molecule has 0 rings (SSSR count). The quantitative estimate of drug-likeness (QED) is 0.320. The molecule has 0 heterocycles. The van der Waals surface area contributed by atoms with E-state index in [1.807, 2.05) is 0 Å². The van der Waals surface area contributed by atoms with Crippen molar-refractivity contribution in [3.8, 4) is 0 Å². The van der Waals surface area contributed by atoms with Crippen LogP contribution >= 0.6 is 0 Å². The number of nitrogens with zero attached hydrogens (tertiary/aromatic N) is 3. The zero-order chi connectivity index (χ0) is 13.5. The topological polar surface area (TPSA) is 88.3 Å². The zero-order valence-electron chi connectivity index (χ0n) is 10.3. The maximum absolute atomic E-state index is 10.0. The number of rotatable bonds is 11. The first-order valence-corrected chi connectivity index (χ1v) is 6.02. The van der Waals surface area contributed by atoms with Crippen LogP contribution in [0, 0.1) is 0 Å². The number of isocyanates is 3. The Hall–Kier alpha value is -1.86. The molecule has 0 saturated carbocycles. The second kappa shape index (κ2) is 13.2. The molecule has 0 fully saturated rings. The van der Waals surface area contributed by atoms with Crippen molar-refractivity contribution in [2.24, 2.45) is 15.0 Å². The fourth-order valence-corrected chi connectivity index (χ4v) is 1.55. The lowest BCUT2D eigenvalue weighted by atomic mass is 10.1. The van der Waals surface area contributed by atoms with Crippen molar-refractivity contribution in [2.45, 2.75) is 51.1 Å². The van der Waals surface area contributed by atoms with E-state index in [1.165, 1.54) is 18.2 Å². The highest BCUT2D eigenvalue weighted by Crippen LogP contribution is 2.10. The summed E-state index contributed by atoms with van der Waals surface area (Å²) < 4.78 is 0. The van der Waals surface area contributed by atoms with Crippen molar-refractivity contribution in [1.29, 1.82) is 0 Å². The summed E-state index contributed by atoms with van der Waals surface area (Å²) in [7, 11) is 0. The molecule has 0 aromatic rings. The Balaban J connectivity index is 3.45. The largest absolute Gasteiger partial charge is 0.237 e. The van der Waals surface area contributed by atoms with E-state index in [9.17, 15) is 14.4 Å². The molecule has 6 nitrogen and oxygen atoms in total. The van der Waals surface area contributed by atoms with Gasteiger partial charge < -0.3 is 0 Å². The number of hydrogen-bond acceptors (Lipinski definition) is 6. The summed E-state index contributed by atoms with van der Waals surface area (Å²) in [5, 5.41) is 0. The Labute approximate surface area is 106 Å². The minimum Gasteiger partial charge on any atom is -0.211 e. The molecular weight excluding hydrogens is 234 g/mol. The van der Waals surface area contributed by atoms with Crippen molar-refractivity contribution < 1.29 is 14.4 Å². The van der Waals surface area contributed by atoms with Crippen LogP contribution in [0.25, 0.3) is 0 Å². The molecule has 0 amide bonds. The van der Waals surface area contributed by atoms with Gasteiger partial charge in [0.25, 0.3) is 0 Å². The predicted octanol–water partition coefficient (Wildman–Crippen LogP) is 2.05. The molecule has 0 saturated heterocycles. The Morgan fingerprint density at radius 1 is 0.722 bits per heavy atom. The summed E-state index contributed by atoms with van der Waals surface area (Å²) in [6.45, 7) is 0.549. The van der Waals surface area contributed by atoms with Gasteiger partial charge in [-0.1, -0.05) is 25.7 Å². The molecule has 98 valence electrons. The fraction of sp³-hybridized carbons (Fsp3) is 0.750. The molecule has 0 N–H and O–H groups in total. The van der Waals surface area contributed by atoms with E-state index in [0.29, 0.717) is 13.0 Å². The third kappa shape index (κ3) is 10.7. The van der Waals surface area contributed by atoms with Gasteiger partial charge in [-0.05, 0) is 19.3 Å². The van der Waals surface area contributed by atoms with Crippen LogP contribution in [0.15, 0.2) is 15.0 Å². The first-order valence-electron chi connectivity index (χ1n) is 6.02. The van der Waals surface area contributed by atoms with Crippen LogP contribution in [0.1, 0.15) is 44.9 Å². The molecule has 0 unspecified atom stereocenters. The van der Waals surface area contributed by atoms with E-state index >= 15 is 0 Å². The second-order valence-corrected chi connectivity index (χ2v) is 3.80. The molecule has 0 radical (unpaired) electrons. The van der Waals surface area contributed by atoms with Crippen molar-refractivity contribution in [1.82, 2.24) is 0 Å². The van der Waals surface area contributed by atoms with Crippen LogP contribution in [0.3, 0.4) is 0 Å². The molecule has 0 atom stereocenters. The van der Waals surface area contributed by atoms with E-state index in [4.69, 9.17) is 0 Å². The summed E-state index contributed by atoms with van der Waals surface area (Å²) in [4.78, 5) is 40.1. The summed E-state index contributed by atoms with van der Waals surface area (Å²) in [6, 6.07) is 0. The zero-order valence-corrected chi connectivity index (χ0v) is 10.3. The highest BCUT2D eigenvalue weighted by molar-refractivity contribution is 5.36. The average Bonchev–Trinajstić information content (AvgIpc) is 2.37. The maximum Gasteiger partial charge on any atom is 0.237 e. The van der Waals surface area contributed by atoms with Crippen molar-refractivity contribution in [3.05, 3.63) is 0 Å². The summed E-state index contributed by atoms with van der Waals surface area (Å²) in [6.07, 6.45) is 10.2. The van der Waals surface area contributed by atoms with Gasteiger partial charge in [0.05, 0.1) is 6.54 Å². The molecule has 0 aromatic heterocycles. The smallest absolute Gasteiger partial charge is 0.211 e. The predicted molar refractivity (Wildman–Crippen MR) is 65.3 cm³/mol. The molecule has 0 aliphatic heterocycles. The fourth-order valence-electron chi connectivity index (χ4n) is 1.55. The Morgan fingerprint density at radius 2 is 1.28 bits per heavy atom. The van der Waals surface area contributed by atoms with Gasteiger partial charge in [-0.15, -0.1) is 0 Å². The molecule has 18 heavy (non-hydrogen) atoms. The van der Waals surface area contributed by atoms with Gasteiger partial charge in [-0.3, -0.25) is 0 Å². The number of unbranched alkanes of at least 4 members (excludes halogenated alkanes) is 5. The van der Waals surface area contributed by atoms with Gasteiger partial charge in [0, 0.05) is 0 Å². The Bertz CT molecular complexity index is 334. The van der Waals surface area contributed by atoms with E-state index in [0.717, 1.165) is 38.5 Å².